The van der Waals surface area contributed by atoms with Crippen molar-refractivity contribution in [3.05, 3.63) is 121 Å². The van der Waals surface area contributed by atoms with Crippen molar-refractivity contribution >= 4 is 61.6 Å². The number of hydrogen-bond donors (Lipinski definition) is 0. The number of hydrogen-bond acceptors (Lipinski definition) is 3. The van der Waals surface area contributed by atoms with E-state index in [2.05, 4.69) is 126 Å². The van der Waals surface area contributed by atoms with Gasteiger partial charge in [-0.25, -0.2) is 0 Å². The minimum atomic E-state index is 0.138. The van der Waals surface area contributed by atoms with Crippen LogP contribution in [0.2, 0.25) is 0 Å². The van der Waals surface area contributed by atoms with Gasteiger partial charge < -0.3 is 9.64 Å². The minimum absolute atomic E-state index is 0.138. The molecule has 0 amide bonds. The van der Waals surface area contributed by atoms with Crippen molar-refractivity contribution in [2.24, 2.45) is 0 Å². The molecular weight excluding hydrogens is 457 g/mol. The third-order valence-electron chi connectivity index (χ3n) is 7.41. The Kier molecular flexibility index (Phi) is 4.22. The van der Waals surface area contributed by atoms with Crippen LogP contribution >= 0.6 is 11.3 Å². The van der Waals surface area contributed by atoms with Crippen LogP contribution < -0.4 is 26.0 Å². The van der Waals surface area contributed by atoms with Crippen molar-refractivity contribution in [1.82, 2.24) is 0 Å². The molecule has 0 saturated carbocycles. The van der Waals surface area contributed by atoms with Gasteiger partial charge >= 0.3 is 0 Å². The Hall–Kier alpha value is -4.28. The van der Waals surface area contributed by atoms with Crippen LogP contribution in [0.4, 0.5) is 17.1 Å². The summed E-state index contributed by atoms with van der Waals surface area (Å²) in [4.78, 5) is 2.45. The van der Waals surface area contributed by atoms with Gasteiger partial charge in [0.05, 0.1) is 5.69 Å². The third kappa shape index (κ3) is 2.79. The molecule has 2 aliphatic heterocycles. The smallest absolute Gasteiger partial charge is 0.256 e. The summed E-state index contributed by atoms with van der Waals surface area (Å²) in [6, 6.07) is 41.4. The van der Waals surface area contributed by atoms with Gasteiger partial charge in [0.15, 0.2) is 0 Å². The number of para-hydroxylation sites is 2. The molecule has 6 aromatic rings. The summed E-state index contributed by atoms with van der Waals surface area (Å²) in [6.45, 7) is 0.138. The summed E-state index contributed by atoms with van der Waals surface area (Å²) < 4.78 is 7.76. The second-order valence-corrected chi connectivity index (χ2v) is 10.3. The molecule has 0 saturated heterocycles. The zero-order valence-electron chi connectivity index (χ0n) is 19.4. The van der Waals surface area contributed by atoms with Gasteiger partial charge in [0.25, 0.3) is 6.71 Å². The van der Waals surface area contributed by atoms with Crippen molar-refractivity contribution in [3.8, 4) is 22.6 Å². The fourth-order valence-electron chi connectivity index (χ4n) is 5.87. The lowest BCUT2D eigenvalue weighted by molar-refractivity contribution is 0.487. The van der Waals surface area contributed by atoms with Crippen LogP contribution in [0, 0.1) is 0 Å². The summed E-state index contributed by atoms with van der Waals surface area (Å²) in [5.41, 5.74) is 9.79. The first-order chi connectivity index (χ1) is 17.9. The maximum Gasteiger partial charge on any atom is 0.256 e. The Morgan fingerprint density at radius 1 is 0.611 bits per heavy atom. The van der Waals surface area contributed by atoms with Crippen LogP contribution in [0.1, 0.15) is 0 Å². The van der Waals surface area contributed by atoms with Gasteiger partial charge in [-0.15, -0.1) is 11.3 Å². The summed E-state index contributed by atoms with van der Waals surface area (Å²) in [5, 5.41) is 3.46. The van der Waals surface area contributed by atoms with Crippen LogP contribution in [0.3, 0.4) is 0 Å². The van der Waals surface area contributed by atoms with E-state index in [9.17, 15) is 0 Å². The molecule has 0 fully saturated rings. The standard InChI is InChI=1S/C32H20BNOS/c1-2-9-21(10-3-1)23-19-22-17-18-36-31(22)20-28(23)34-26-13-6-4-11-24(26)33-25-12-5-7-15-29(25)35-30-16-8-14-27(34)32(30)33/h1-20H. The molecular formula is C32H20BNOS. The van der Waals surface area contributed by atoms with Crippen LogP contribution in [-0.2, 0) is 0 Å². The van der Waals surface area contributed by atoms with Gasteiger partial charge in [-0.3, -0.25) is 0 Å². The average molecular weight is 477 g/mol. The van der Waals surface area contributed by atoms with Gasteiger partial charge in [-0.2, -0.15) is 0 Å². The Morgan fingerprint density at radius 3 is 2.28 bits per heavy atom. The highest BCUT2D eigenvalue weighted by Crippen LogP contribution is 2.45. The number of ether oxygens (including phenoxy) is 1. The molecule has 1 aromatic heterocycles. The molecule has 0 N–H and O–H groups in total. The zero-order valence-corrected chi connectivity index (χ0v) is 20.2. The minimum Gasteiger partial charge on any atom is -0.458 e. The molecule has 0 bridgehead atoms. The van der Waals surface area contributed by atoms with Crippen LogP contribution in [0.15, 0.2) is 121 Å². The van der Waals surface area contributed by atoms with Gasteiger partial charge in [-0.1, -0.05) is 72.8 Å². The van der Waals surface area contributed by atoms with E-state index in [1.165, 1.54) is 54.7 Å². The summed E-state index contributed by atoms with van der Waals surface area (Å²) >= 11 is 1.79. The average Bonchev–Trinajstić information content (AvgIpc) is 3.40. The fraction of sp³-hybridized carbons (Fsp3) is 0. The number of nitrogens with zero attached hydrogens (tertiary/aromatic N) is 1. The van der Waals surface area contributed by atoms with Crippen molar-refractivity contribution < 1.29 is 4.74 Å². The Bertz CT molecular complexity index is 1790. The molecule has 2 aliphatic rings. The number of fused-ring (bicyclic) bond motifs is 5. The predicted molar refractivity (Wildman–Crippen MR) is 153 cm³/mol. The van der Waals surface area contributed by atoms with E-state index < -0.39 is 0 Å². The van der Waals surface area contributed by atoms with Gasteiger partial charge in [-0.05, 0) is 75.2 Å². The van der Waals surface area contributed by atoms with Crippen LogP contribution in [0.25, 0.3) is 21.2 Å². The largest absolute Gasteiger partial charge is 0.458 e. The van der Waals surface area contributed by atoms with E-state index >= 15 is 0 Å². The molecule has 8 rings (SSSR count). The van der Waals surface area contributed by atoms with Crippen molar-refractivity contribution in [2.45, 2.75) is 0 Å². The molecule has 0 spiro atoms. The highest BCUT2D eigenvalue weighted by molar-refractivity contribution is 7.17. The van der Waals surface area contributed by atoms with Gasteiger partial charge in [0.2, 0.25) is 0 Å². The Balaban J connectivity index is 1.46. The first kappa shape index (κ1) is 20.0. The summed E-state index contributed by atoms with van der Waals surface area (Å²) in [5.74, 6) is 1.88. The Labute approximate surface area is 214 Å². The fourth-order valence-corrected chi connectivity index (χ4v) is 6.68. The van der Waals surface area contributed by atoms with Gasteiger partial charge in [0.1, 0.15) is 11.5 Å². The summed E-state index contributed by atoms with van der Waals surface area (Å²) in [7, 11) is 0. The molecule has 168 valence electrons. The Morgan fingerprint density at radius 2 is 1.36 bits per heavy atom. The number of anilines is 3. The zero-order chi connectivity index (χ0) is 23.6. The number of benzene rings is 5. The maximum atomic E-state index is 6.47. The first-order valence-electron chi connectivity index (χ1n) is 12.2. The lowest BCUT2D eigenvalue weighted by Crippen LogP contribution is -2.59. The van der Waals surface area contributed by atoms with E-state index in [1.54, 1.807) is 11.3 Å². The predicted octanol–water partition coefficient (Wildman–Crippen LogP) is 6.97. The molecule has 4 heteroatoms. The molecule has 0 radical (unpaired) electrons. The topological polar surface area (TPSA) is 12.5 Å². The monoisotopic (exact) mass is 477 g/mol. The van der Waals surface area contributed by atoms with Crippen molar-refractivity contribution in [3.63, 3.8) is 0 Å². The summed E-state index contributed by atoms with van der Waals surface area (Å²) in [6.07, 6.45) is 0. The van der Waals surface area contributed by atoms with E-state index in [4.69, 9.17) is 4.74 Å². The van der Waals surface area contributed by atoms with E-state index in [1.807, 2.05) is 0 Å². The van der Waals surface area contributed by atoms with E-state index in [0.29, 0.717) is 0 Å². The number of thiophene rings is 1. The maximum absolute atomic E-state index is 6.47. The van der Waals surface area contributed by atoms with Crippen molar-refractivity contribution in [2.75, 3.05) is 4.90 Å². The highest BCUT2D eigenvalue weighted by atomic mass is 32.1. The lowest BCUT2D eigenvalue weighted by atomic mass is 9.34. The first-order valence-corrected chi connectivity index (χ1v) is 13.1. The van der Waals surface area contributed by atoms with E-state index in [0.717, 1.165) is 11.5 Å². The lowest BCUT2D eigenvalue weighted by Gasteiger charge is -2.40. The normalized spacial score (nSPS) is 13.1. The van der Waals surface area contributed by atoms with Crippen molar-refractivity contribution in [1.29, 1.82) is 0 Å². The third-order valence-corrected chi connectivity index (χ3v) is 8.29. The van der Waals surface area contributed by atoms with E-state index in [-0.39, 0.29) is 6.71 Å². The van der Waals surface area contributed by atoms with Crippen LogP contribution in [-0.4, -0.2) is 6.71 Å². The second kappa shape index (κ2) is 7.61. The molecule has 2 nitrogen and oxygen atoms in total. The quantitative estimate of drug-likeness (QED) is 0.249. The van der Waals surface area contributed by atoms with Crippen LogP contribution in [0.5, 0.6) is 11.5 Å². The highest BCUT2D eigenvalue weighted by Gasteiger charge is 2.41. The molecule has 36 heavy (non-hydrogen) atoms. The number of rotatable bonds is 2. The molecule has 0 unspecified atom stereocenters. The molecule has 5 aromatic carbocycles. The molecule has 0 atom stereocenters. The molecule has 0 aliphatic carbocycles. The molecule has 3 heterocycles. The second-order valence-electron chi connectivity index (χ2n) is 9.35. The van der Waals surface area contributed by atoms with Gasteiger partial charge in [0, 0.05) is 21.6 Å². The SMILES string of the molecule is c1ccc(-c2cc3ccsc3cc2N2c3ccccc3B3c4ccccc4Oc4cccc2c43)cc1.